The Labute approximate surface area is 126 Å². The molecule has 1 unspecified atom stereocenters. The van der Waals surface area contributed by atoms with Crippen LogP contribution in [0.3, 0.4) is 0 Å². The number of hydrogen-bond donors (Lipinski definition) is 1. The van der Waals surface area contributed by atoms with Crippen molar-refractivity contribution in [3.8, 4) is 0 Å². The molecule has 1 saturated heterocycles. The van der Waals surface area contributed by atoms with Crippen LogP contribution < -0.4 is 4.72 Å². The topological polar surface area (TPSA) is 49.4 Å². The fourth-order valence-electron chi connectivity index (χ4n) is 2.50. The maximum absolute atomic E-state index is 12.3. The highest BCUT2D eigenvalue weighted by atomic mass is 32.2. The highest BCUT2D eigenvalue weighted by Gasteiger charge is 2.43. The zero-order valence-electron chi connectivity index (χ0n) is 11.4. The van der Waals surface area contributed by atoms with Crippen LogP contribution in [0.1, 0.15) is 11.1 Å². The molecule has 0 spiro atoms. The van der Waals surface area contributed by atoms with Crippen molar-refractivity contribution in [3.63, 3.8) is 0 Å². The second kappa shape index (κ2) is 5.29. The minimum absolute atomic E-state index is 0.203. The van der Waals surface area contributed by atoms with Gasteiger partial charge in [0.15, 0.2) is 0 Å². The molecular weight excluding hydrogens is 283 g/mol. The summed E-state index contributed by atoms with van der Waals surface area (Å²) >= 11 is 0. The summed E-state index contributed by atoms with van der Waals surface area (Å²) in [7, 11) is 2.69. The van der Waals surface area contributed by atoms with E-state index in [1.165, 1.54) is 4.31 Å². The molecule has 4 nitrogen and oxygen atoms in total. The van der Waals surface area contributed by atoms with Crippen molar-refractivity contribution in [1.82, 2.24) is 9.03 Å². The molecule has 3 rings (SSSR count). The third kappa shape index (κ3) is 2.88. The molecule has 1 heterocycles. The number of rotatable bonds is 3. The molecule has 21 heavy (non-hydrogen) atoms. The molecule has 1 N–H and O–H groups in total. The summed E-state index contributed by atoms with van der Waals surface area (Å²) in [5, 5.41) is 0. The molecule has 0 saturated carbocycles. The van der Waals surface area contributed by atoms with Crippen LogP contribution in [0.2, 0.25) is 0 Å². The molecule has 1 aliphatic rings. The first-order valence-corrected chi connectivity index (χ1v) is 8.11. The van der Waals surface area contributed by atoms with Crippen molar-refractivity contribution in [2.45, 2.75) is 12.0 Å². The minimum atomic E-state index is -3.58. The molecule has 1 fully saturated rings. The summed E-state index contributed by atoms with van der Waals surface area (Å²) in [5.74, 6) is 0. The normalized spacial score (nSPS) is 25.0. The van der Waals surface area contributed by atoms with E-state index in [-0.39, 0.29) is 6.54 Å². The summed E-state index contributed by atoms with van der Waals surface area (Å²) in [6.45, 7) is 0.510. The molecule has 2 aromatic carbocycles. The van der Waals surface area contributed by atoms with Crippen molar-refractivity contribution in [1.29, 1.82) is 0 Å². The van der Waals surface area contributed by atoms with E-state index < -0.39 is 15.6 Å². The smallest absolute Gasteiger partial charge is 0.199 e. The van der Waals surface area contributed by atoms with Crippen LogP contribution in [0.25, 0.3) is 0 Å². The van der Waals surface area contributed by atoms with Gasteiger partial charge in [0.25, 0.3) is 10.2 Å². The van der Waals surface area contributed by atoms with Crippen molar-refractivity contribution < 1.29 is 8.42 Å². The average Bonchev–Trinajstić information content (AvgIpc) is 2.71. The van der Waals surface area contributed by atoms with Gasteiger partial charge in [0.2, 0.25) is 0 Å². The predicted molar refractivity (Wildman–Crippen MR) is 82.8 cm³/mol. The number of hydrogen-bond acceptors (Lipinski definition) is 2. The zero-order valence-corrected chi connectivity index (χ0v) is 12.3. The molecule has 0 amide bonds. The van der Waals surface area contributed by atoms with Crippen LogP contribution in [0.5, 0.6) is 0 Å². The summed E-state index contributed by atoms with van der Waals surface area (Å²) in [6.07, 6.45) is 0. The van der Waals surface area contributed by atoms with Gasteiger partial charge >= 0.3 is 0 Å². The van der Waals surface area contributed by atoms with Gasteiger partial charge in [-0.15, -0.1) is 0 Å². The Hall–Kier alpha value is -1.63. The number of nitrogens with zero attached hydrogens (tertiary/aromatic N) is 1. The van der Waals surface area contributed by atoms with Crippen LogP contribution >= 0.6 is 0 Å². The SMILES string of the molecule is [B]C1(c2ccccc2)CN(Cc2ccccc2)S(=O)(=O)N1. The van der Waals surface area contributed by atoms with Crippen molar-refractivity contribution in [2.24, 2.45) is 0 Å². The van der Waals surface area contributed by atoms with Crippen molar-refractivity contribution >= 4 is 18.1 Å². The molecule has 1 atom stereocenters. The Bertz CT molecular complexity index is 722. The molecule has 106 valence electrons. The molecular formula is C15H15BN2O2S. The Morgan fingerprint density at radius 1 is 1.05 bits per heavy atom. The van der Waals surface area contributed by atoms with Gasteiger partial charge in [-0.3, -0.25) is 0 Å². The van der Waals surface area contributed by atoms with Crippen LogP contribution in [-0.4, -0.2) is 27.1 Å². The maximum atomic E-state index is 12.3. The van der Waals surface area contributed by atoms with Gasteiger partial charge in [-0.1, -0.05) is 60.7 Å². The van der Waals surface area contributed by atoms with Crippen LogP contribution in [0.15, 0.2) is 60.7 Å². The third-order valence-corrected chi connectivity index (χ3v) is 5.13. The van der Waals surface area contributed by atoms with Gasteiger partial charge in [-0.2, -0.15) is 17.4 Å². The van der Waals surface area contributed by atoms with E-state index in [1.807, 2.05) is 60.7 Å². The van der Waals surface area contributed by atoms with Crippen LogP contribution in [0.4, 0.5) is 0 Å². The van der Waals surface area contributed by atoms with Gasteiger partial charge < -0.3 is 0 Å². The quantitative estimate of drug-likeness (QED) is 0.870. The first kappa shape index (κ1) is 14.3. The maximum Gasteiger partial charge on any atom is 0.279 e. The van der Waals surface area contributed by atoms with Gasteiger partial charge in [-0.05, 0) is 11.1 Å². The monoisotopic (exact) mass is 298 g/mol. The lowest BCUT2D eigenvalue weighted by Crippen LogP contribution is -2.41. The van der Waals surface area contributed by atoms with Crippen molar-refractivity contribution in [2.75, 3.05) is 6.54 Å². The molecule has 1 aliphatic heterocycles. The first-order valence-electron chi connectivity index (χ1n) is 6.67. The third-order valence-electron chi connectivity index (χ3n) is 3.57. The molecule has 0 bridgehead atoms. The Morgan fingerprint density at radius 3 is 2.24 bits per heavy atom. The summed E-state index contributed by atoms with van der Waals surface area (Å²) in [4.78, 5) is 0. The van der Waals surface area contributed by atoms with Gasteiger partial charge in [-0.25, -0.2) is 0 Å². The standard InChI is InChI=1S/C15H15BN2O2S/c16-15(14-9-5-2-6-10-14)12-18(21(19,20)17-15)11-13-7-3-1-4-8-13/h1-10,17H,11-12H2. The highest BCUT2D eigenvalue weighted by Crippen LogP contribution is 2.28. The summed E-state index contributed by atoms with van der Waals surface area (Å²) in [6, 6.07) is 18.7. The van der Waals surface area contributed by atoms with Gasteiger partial charge in [0, 0.05) is 18.5 Å². The summed E-state index contributed by atoms with van der Waals surface area (Å²) < 4.78 is 28.5. The minimum Gasteiger partial charge on any atom is -0.199 e. The lowest BCUT2D eigenvalue weighted by atomic mass is 9.73. The molecule has 0 aliphatic carbocycles. The lowest BCUT2D eigenvalue weighted by molar-refractivity contribution is 0.409. The van der Waals surface area contributed by atoms with Crippen molar-refractivity contribution in [3.05, 3.63) is 71.8 Å². The first-order chi connectivity index (χ1) is 10.00. The van der Waals surface area contributed by atoms with Gasteiger partial charge in [0.05, 0.1) is 0 Å². The molecule has 0 aromatic heterocycles. The molecule has 2 aromatic rings. The fourth-order valence-corrected chi connectivity index (χ4v) is 3.97. The lowest BCUT2D eigenvalue weighted by Gasteiger charge is -2.23. The van der Waals surface area contributed by atoms with E-state index in [0.717, 1.165) is 11.1 Å². The zero-order chi connectivity index (χ0) is 14.9. The fraction of sp³-hybridized carbons (Fsp3) is 0.200. The number of nitrogens with one attached hydrogen (secondary N) is 1. The second-order valence-electron chi connectivity index (χ2n) is 5.20. The molecule has 2 radical (unpaired) electrons. The predicted octanol–water partition coefficient (Wildman–Crippen LogP) is 1.36. The Balaban J connectivity index is 1.88. The van der Waals surface area contributed by atoms with E-state index in [1.54, 1.807) is 0 Å². The average molecular weight is 298 g/mol. The molecule has 6 heteroatoms. The summed E-state index contributed by atoms with van der Waals surface area (Å²) in [5.41, 5.74) is 0.596. The van der Waals surface area contributed by atoms with Gasteiger partial charge in [0.1, 0.15) is 7.85 Å². The van der Waals surface area contributed by atoms with Crippen LogP contribution in [-0.2, 0) is 22.2 Å². The van der Waals surface area contributed by atoms with E-state index in [9.17, 15) is 8.42 Å². The Kier molecular flexibility index (Phi) is 3.61. The largest absolute Gasteiger partial charge is 0.279 e. The highest BCUT2D eigenvalue weighted by molar-refractivity contribution is 7.87. The second-order valence-corrected chi connectivity index (χ2v) is 6.87. The van der Waals surface area contributed by atoms with E-state index in [2.05, 4.69) is 4.72 Å². The van der Waals surface area contributed by atoms with E-state index in [0.29, 0.717) is 6.54 Å². The number of benzene rings is 2. The van der Waals surface area contributed by atoms with E-state index in [4.69, 9.17) is 7.85 Å². The Morgan fingerprint density at radius 2 is 1.62 bits per heavy atom. The van der Waals surface area contributed by atoms with E-state index >= 15 is 0 Å². The van der Waals surface area contributed by atoms with Crippen LogP contribution in [0, 0.1) is 0 Å².